The van der Waals surface area contributed by atoms with Gasteiger partial charge < -0.3 is 5.32 Å². The highest BCUT2D eigenvalue weighted by molar-refractivity contribution is 9.10. The van der Waals surface area contributed by atoms with Gasteiger partial charge in [-0.2, -0.15) is 0 Å². The maximum Gasteiger partial charge on any atom is 0.126 e. The van der Waals surface area contributed by atoms with Crippen LogP contribution in [0, 0.1) is 12.7 Å². The van der Waals surface area contributed by atoms with Crippen LogP contribution in [0.5, 0.6) is 0 Å². The van der Waals surface area contributed by atoms with Crippen molar-refractivity contribution < 1.29 is 4.39 Å². The summed E-state index contributed by atoms with van der Waals surface area (Å²) in [5, 5.41) is 3.19. The Morgan fingerprint density at radius 2 is 2.11 bits per heavy atom. The molecule has 0 spiro atoms. The van der Waals surface area contributed by atoms with Gasteiger partial charge in [0.25, 0.3) is 0 Å². The van der Waals surface area contributed by atoms with E-state index in [0.29, 0.717) is 13.0 Å². The van der Waals surface area contributed by atoms with E-state index in [1.54, 1.807) is 18.3 Å². The molecule has 1 aromatic carbocycles. The first-order valence-electron chi connectivity index (χ1n) is 5.76. The van der Waals surface area contributed by atoms with Crippen molar-refractivity contribution in [3.63, 3.8) is 0 Å². The normalized spacial score (nSPS) is 10.4. The van der Waals surface area contributed by atoms with E-state index in [0.717, 1.165) is 21.4 Å². The van der Waals surface area contributed by atoms with Crippen LogP contribution in [0.4, 0.5) is 10.2 Å². The summed E-state index contributed by atoms with van der Waals surface area (Å²) in [7, 11) is 0. The fraction of sp³-hybridized carbons (Fsp3) is 0.214. The molecular formula is C14H14BrFN2. The molecule has 0 amide bonds. The summed E-state index contributed by atoms with van der Waals surface area (Å²) in [6.45, 7) is 2.67. The number of aromatic nitrogens is 1. The lowest BCUT2D eigenvalue weighted by Crippen LogP contribution is -2.07. The van der Waals surface area contributed by atoms with Gasteiger partial charge in [-0.15, -0.1) is 0 Å². The quantitative estimate of drug-likeness (QED) is 0.925. The second-order valence-corrected chi connectivity index (χ2v) is 4.94. The molecule has 2 aromatic rings. The van der Waals surface area contributed by atoms with Gasteiger partial charge in [-0.1, -0.05) is 18.2 Å². The van der Waals surface area contributed by atoms with Gasteiger partial charge in [-0.3, -0.25) is 0 Å². The number of halogens is 2. The Morgan fingerprint density at radius 1 is 1.33 bits per heavy atom. The molecule has 0 bridgehead atoms. The molecule has 0 saturated heterocycles. The van der Waals surface area contributed by atoms with Crippen LogP contribution < -0.4 is 5.32 Å². The van der Waals surface area contributed by atoms with Crippen LogP contribution in [0.2, 0.25) is 0 Å². The monoisotopic (exact) mass is 308 g/mol. The van der Waals surface area contributed by atoms with Crippen LogP contribution in [-0.2, 0) is 6.42 Å². The van der Waals surface area contributed by atoms with Crippen molar-refractivity contribution in [1.82, 2.24) is 4.98 Å². The van der Waals surface area contributed by atoms with E-state index in [1.165, 1.54) is 6.07 Å². The molecule has 0 aliphatic rings. The van der Waals surface area contributed by atoms with Crippen molar-refractivity contribution in [2.45, 2.75) is 13.3 Å². The molecule has 18 heavy (non-hydrogen) atoms. The SMILES string of the molecule is Cc1cc(NCCc2ccccc2F)ncc1Br. The Kier molecular flexibility index (Phi) is 4.31. The summed E-state index contributed by atoms with van der Waals surface area (Å²) in [6.07, 6.45) is 2.41. The van der Waals surface area contributed by atoms with Gasteiger partial charge in [0.15, 0.2) is 0 Å². The third-order valence-electron chi connectivity index (χ3n) is 2.71. The molecular weight excluding hydrogens is 295 g/mol. The highest BCUT2D eigenvalue weighted by atomic mass is 79.9. The summed E-state index contributed by atoms with van der Waals surface area (Å²) >= 11 is 3.40. The molecule has 1 N–H and O–H groups in total. The van der Waals surface area contributed by atoms with Gasteiger partial charge >= 0.3 is 0 Å². The molecule has 0 atom stereocenters. The van der Waals surface area contributed by atoms with E-state index in [1.807, 2.05) is 19.1 Å². The zero-order valence-corrected chi connectivity index (χ0v) is 11.7. The molecule has 2 nitrogen and oxygen atoms in total. The van der Waals surface area contributed by atoms with Crippen molar-refractivity contribution in [1.29, 1.82) is 0 Å². The summed E-state index contributed by atoms with van der Waals surface area (Å²) in [5.41, 5.74) is 1.84. The molecule has 0 fully saturated rings. The maximum absolute atomic E-state index is 13.4. The fourth-order valence-electron chi connectivity index (χ4n) is 1.66. The third-order valence-corrected chi connectivity index (χ3v) is 3.54. The average Bonchev–Trinajstić information content (AvgIpc) is 2.36. The molecule has 1 aromatic heterocycles. The third kappa shape index (κ3) is 3.29. The van der Waals surface area contributed by atoms with Gasteiger partial charge in [0.1, 0.15) is 11.6 Å². The maximum atomic E-state index is 13.4. The van der Waals surface area contributed by atoms with Gasteiger partial charge in [0.05, 0.1) is 0 Å². The zero-order chi connectivity index (χ0) is 13.0. The minimum atomic E-state index is -0.153. The summed E-state index contributed by atoms with van der Waals surface area (Å²) in [6, 6.07) is 8.80. The Hall–Kier alpha value is -1.42. The molecule has 0 unspecified atom stereocenters. The highest BCUT2D eigenvalue weighted by Crippen LogP contribution is 2.17. The first-order valence-corrected chi connectivity index (χ1v) is 6.55. The second-order valence-electron chi connectivity index (χ2n) is 4.09. The largest absolute Gasteiger partial charge is 0.370 e. The number of pyridine rings is 1. The zero-order valence-electron chi connectivity index (χ0n) is 10.1. The highest BCUT2D eigenvalue weighted by Gasteiger charge is 2.01. The van der Waals surface area contributed by atoms with E-state index in [2.05, 4.69) is 26.2 Å². The van der Waals surface area contributed by atoms with Crippen molar-refractivity contribution >= 4 is 21.7 Å². The first-order chi connectivity index (χ1) is 8.66. The smallest absolute Gasteiger partial charge is 0.126 e. The van der Waals surface area contributed by atoms with Crippen molar-refractivity contribution in [3.05, 3.63) is 57.9 Å². The van der Waals surface area contributed by atoms with Crippen LogP contribution in [0.3, 0.4) is 0 Å². The molecule has 4 heteroatoms. The summed E-state index contributed by atoms with van der Waals surface area (Å²) in [5.74, 6) is 0.659. The van der Waals surface area contributed by atoms with Crippen molar-refractivity contribution in [2.75, 3.05) is 11.9 Å². The van der Waals surface area contributed by atoms with E-state index < -0.39 is 0 Å². The summed E-state index contributed by atoms with van der Waals surface area (Å²) < 4.78 is 14.4. The van der Waals surface area contributed by atoms with Crippen LogP contribution in [0.25, 0.3) is 0 Å². The molecule has 0 aliphatic carbocycles. The van der Waals surface area contributed by atoms with Crippen LogP contribution in [0.15, 0.2) is 41.0 Å². The molecule has 94 valence electrons. The fourth-order valence-corrected chi connectivity index (χ4v) is 1.88. The lowest BCUT2D eigenvalue weighted by molar-refractivity contribution is 0.610. The molecule has 0 saturated carbocycles. The Labute approximate surface area is 114 Å². The standard InChI is InChI=1S/C14H14BrFN2/c1-10-8-14(18-9-12(10)15)17-7-6-11-4-2-3-5-13(11)16/h2-5,8-9H,6-7H2,1H3,(H,17,18). The second kappa shape index (κ2) is 5.96. The lowest BCUT2D eigenvalue weighted by Gasteiger charge is -2.07. The number of hydrogen-bond acceptors (Lipinski definition) is 2. The van der Waals surface area contributed by atoms with Crippen LogP contribution in [-0.4, -0.2) is 11.5 Å². The number of nitrogens with zero attached hydrogens (tertiary/aromatic N) is 1. The van der Waals surface area contributed by atoms with Gasteiger partial charge in [0, 0.05) is 17.2 Å². The molecule has 0 radical (unpaired) electrons. The van der Waals surface area contributed by atoms with E-state index >= 15 is 0 Å². The molecule has 2 rings (SSSR count). The topological polar surface area (TPSA) is 24.9 Å². The van der Waals surface area contributed by atoms with Gasteiger partial charge in [-0.25, -0.2) is 9.37 Å². The van der Waals surface area contributed by atoms with E-state index in [9.17, 15) is 4.39 Å². The number of benzene rings is 1. The van der Waals surface area contributed by atoms with E-state index in [4.69, 9.17) is 0 Å². The van der Waals surface area contributed by atoms with Crippen molar-refractivity contribution in [2.24, 2.45) is 0 Å². The molecule has 0 aliphatic heterocycles. The Balaban J connectivity index is 1.92. The van der Waals surface area contributed by atoms with Crippen LogP contribution in [0.1, 0.15) is 11.1 Å². The first kappa shape index (κ1) is 13.0. The minimum absolute atomic E-state index is 0.153. The summed E-state index contributed by atoms with van der Waals surface area (Å²) in [4.78, 5) is 4.24. The Bertz CT molecular complexity index is 543. The number of aryl methyl sites for hydroxylation is 1. The van der Waals surface area contributed by atoms with E-state index in [-0.39, 0.29) is 5.82 Å². The molecule has 1 heterocycles. The van der Waals surface area contributed by atoms with Crippen molar-refractivity contribution in [3.8, 4) is 0 Å². The number of rotatable bonds is 4. The average molecular weight is 309 g/mol. The number of nitrogens with one attached hydrogen (secondary N) is 1. The predicted molar refractivity (Wildman–Crippen MR) is 75.3 cm³/mol. The Morgan fingerprint density at radius 3 is 2.83 bits per heavy atom. The van der Waals surface area contributed by atoms with Crippen LogP contribution >= 0.6 is 15.9 Å². The predicted octanol–water partition coefficient (Wildman–Crippen LogP) is 3.95. The minimum Gasteiger partial charge on any atom is -0.370 e. The van der Waals surface area contributed by atoms with Gasteiger partial charge in [-0.05, 0) is 52.5 Å². The lowest BCUT2D eigenvalue weighted by atomic mass is 10.1. The number of anilines is 1. The van der Waals surface area contributed by atoms with Gasteiger partial charge in [0.2, 0.25) is 0 Å². The number of hydrogen-bond donors (Lipinski definition) is 1.